The monoisotopic (exact) mass is 301 g/mol. The number of fused-ring (bicyclic) bond motifs is 1. The first-order valence-corrected chi connectivity index (χ1v) is 7.58. The van der Waals surface area contributed by atoms with E-state index in [1.807, 2.05) is 12.3 Å². The molecule has 3 heterocycles. The number of aryl methyl sites for hydroxylation is 2. The summed E-state index contributed by atoms with van der Waals surface area (Å²) in [5.41, 5.74) is 2.92. The molecule has 7 heteroatoms. The lowest BCUT2D eigenvalue weighted by Crippen LogP contribution is -2.25. The van der Waals surface area contributed by atoms with E-state index in [-0.39, 0.29) is 5.91 Å². The van der Waals surface area contributed by atoms with Crippen LogP contribution in [-0.4, -0.2) is 25.5 Å². The molecule has 0 aliphatic rings. The highest BCUT2D eigenvalue weighted by molar-refractivity contribution is 7.09. The summed E-state index contributed by atoms with van der Waals surface area (Å²) in [6.07, 6.45) is 4.16. The molecule has 108 valence electrons. The molecule has 0 aliphatic heterocycles. The molecule has 3 aromatic heterocycles. The first kappa shape index (κ1) is 13.7. The number of hydrogen-bond donors (Lipinski definition) is 1. The Labute approximate surface area is 125 Å². The third-order valence-electron chi connectivity index (χ3n) is 3.23. The molecule has 0 spiro atoms. The maximum absolute atomic E-state index is 12.3. The highest BCUT2D eigenvalue weighted by Crippen LogP contribution is 2.11. The normalized spacial score (nSPS) is 11.0. The molecule has 3 aromatic rings. The summed E-state index contributed by atoms with van der Waals surface area (Å²) in [5.74, 6) is -0.163. The molecule has 0 aromatic carbocycles. The molecule has 1 amide bonds. The van der Waals surface area contributed by atoms with Gasteiger partial charge in [-0.15, -0.1) is 11.3 Å². The molecule has 3 rings (SSSR count). The lowest BCUT2D eigenvalue weighted by Gasteiger charge is -2.07. The second kappa shape index (κ2) is 5.61. The lowest BCUT2D eigenvalue weighted by atomic mass is 10.2. The van der Waals surface area contributed by atoms with Crippen molar-refractivity contribution in [3.8, 4) is 0 Å². The van der Waals surface area contributed by atoms with Gasteiger partial charge in [-0.2, -0.15) is 5.10 Å². The van der Waals surface area contributed by atoms with Crippen LogP contribution in [-0.2, 0) is 13.0 Å². The molecule has 1 N–H and O–H groups in total. The number of aromatic nitrogens is 4. The third-order valence-corrected chi connectivity index (χ3v) is 4.27. The fourth-order valence-electron chi connectivity index (χ4n) is 2.07. The molecule has 0 unspecified atom stereocenters. The van der Waals surface area contributed by atoms with Crippen LogP contribution in [0.5, 0.6) is 0 Å². The minimum Gasteiger partial charge on any atom is -0.346 e. The van der Waals surface area contributed by atoms with Gasteiger partial charge in [-0.05, 0) is 13.3 Å². The Kier molecular flexibility index (Phi) is 3.66. The van der Waals surface area contributed by atoms with E-state index in [1.165, 1.54) is 0 Å². The smallest absolute Gasteiger partial charge is 0.255 e. The van der Waals surface area contributed by atoms with Crippen molar-refractivity contribution in [1.29, 1.82) is 0 Å². The quantitative estimate of drug-likeness (QED) is 0.800. The Bertz CT molecular complexity index is 792. The van der Waals surface area contributed by atoms with Gasteiger partial charge in [-0.25, -0.2) is 14.5 Å². The van der Waals surface area contributed by atoms with Crippen LogP contribution >= 0.6 is 11.3 Å². The molecule has 6 nitrogen and oxygen atoms in total. The van der Waals surface area contributed by atoms with Crippen molar-refractivity contribution < 1.29 is 4.79 Å². The van der Waals surface area contributed by atoms with Crippen molar-refractivity contribution in [3.05, 3.63) is 45.8 Å². The highest BCUT2D eigenvalue weighted by Gasteiger charge is 2.13. The van der Waals surface area contributed by atoms with Crippen molar-refractivity contribution >= 4 is 22.9 Å². The summed E-state index contributed by atoms with van der Waals surface area (Å²) in [5, 5.41) is 10.1. The summed E-state index contributed by atoms with van der Waals surface area (Å²) >= 11 is 1.61. The zero-order chi connectivity index (χ0) is 14.8. The van der Waals surface area contributed by atoms with Gasteiger partial charge in [0.25, 0.3) is 5.91 Å². The van der Waals surface area contributed by atoms with Crippen LogP contribution in [0.2, 0.25) is 0 Å². The summed E-state index contributed by atoms with van der Waals surface area (Å²) in [6.45, 7) is 4.34. The first-order valence-electron chi connectivity index (χ1n) is 6.70. The van der Waals surface area contributed by atoms with Crippen molar-refractivity contribution in [2.45, 2.75) is 26.8 Å². The van der Waals surface area contributed by atoms with Crippen molar-refractivity contribution in [3.63, 3.8) is 0 Å². The number of rotatable bonds is 4. The molecule has 0 bridgehead atoms. The summed E-state index contributed by atoms with van der Waals surface area (Å²) in [7, 11) is 0. The topological polar surface area (TPSA) is 72.2 Å². The maximum atomic E-state index is 12.3. The van der Waals surface area contributed by atoms with Crippen LogP contribution in [0.4, 0.5) is 0 Å². The average molecular weight is 301 g/mol. The first-order chi connectivity index (χ1) is 10.2. The SMILES string of the molecule is CCc1nc(CNC(=O)c2cnc3ccnn3c2C)cs1. The van der Waals surface area contributed by atoms with Crippen molar-refractivity contribution in [1.82, 2.24) is 24.9 Å². The zero-order valence-electron chi connectivity index (χ0n) is 11.8. The van der Waals surface area contributed by atoms with Crippen LogP contribution < -0.4 is 5.32 Å². The minimum atomic E-state index is -0.163. The summed E-state index contributed by atoms with van der Waals surface area (Å²) < 4.78 is 1.66. The number of carbonyl (C=O) groups excluding carboxylic acids is 1. The average Bonchev–Trinajstić information content (AvgIpc) is 3.14. The van der Waals surface area contributed by atoms with Gasteiger partial charge in [0.2, 0.25) is 0 Å². The predicted molar refractivity (Wildman–Crippen MR) is 80.4 cm³/mol. The van der Waals surface area contributed by atoms with E-state index >= 15 is 0 Å². The van der Waals surface area contributed by atoms with Gasteiger partial charge in [-0.3, -0.25) is 4.79 Å². The predicted octanol–water partition coefficient (Wildman–Crippen LogP) is 1.99. The molecule has 0 atom stereocenters. The van der Waals surface area contributed by atoms with Gasteiger partial charge in [0, 0.05) is 17.6 Å². The molecule has 0 saturated carbocycles. The van der Waals surface area contributed by atoms with Crippen LogP contribution in [0.25, 0.3) is 5.65 Å². The second-order valence-corrected chi connectivity index (χ2v) is 5.57. The van der Waals surface area contributed by atoms with Gasteiger partial charge >= 0.3 is 0 Å². The molecule has 0 saturated heterocycles. The van der Waals surface area contributed by atoms with E-state index in [2.05, 4.69) is 27.3 Å². The standard InChI is InChI=1S/C14H15N5OS/c1-3-13-18-10(8-21-13)6-16-14(20)11-7-15-12-4-5-17-19(12)9(11)2/h4-5,7-8H,3,6H2,1-2H3,(H,16,20). The molecular weight excluding hydrogens is 286 g/mol. The van der Waals surface area contributed by atoms with Crippen molar-refractivity contribution in [2.75, 3.05) is 0 Å². The minimum absolute atomic E-state index is 0.163. The van der Waals surface area contributed by atoms with Gasteiger partial charge in [0.05, 0.1) is 34.7 Å². The Hall–Kier alpha value is -2.28. The number of nitrogens with one attached hydrogen (secondary N) is 1. The molecular formula is C14H15N5OS. The Morgan fingerprint density at radius 3 is 3.10 bits per heavy atom. The van der Waals surface area contributed by atoms with E-state index in [1.54, 1.807) is 34.3 Å². The Morgan fingerprint density at radius 2 is 2.33 bits per heavy atom. The highest BCUT2D eigenvalue weighted by atomic mass is 32.1. The third kappa shape index (κ3) is 2.64. The van der Waals surface area contributed by atoms with Gasteiger partial charge in [-0.1, -0.05) is 6.92 Å². The number of nitrogens with zero attached hydrogens (tertiary/aromatic N) is 4. The van der Waals surface area contributed by atoms with Crippen LogP contribution in [0.15, 0.2) is 23.8 Å². The van der Waals surface area contributed by atoms with E-state index in [0.717, 1.165) is 28.5 Å². The fraction of sp³-hybridized carbons (Fsp3) is 0.286. The largest absolute Gasteiger partial charge is 0.346 e. The van der Waals surface area contributed by atoms with Gasteiger partial charge in [0.15, 0.2) is 5.65 Å². The Balaban J connectivity index is 1.75. The van der Waals surface area contributed by atoms with E-state index in [4.69, 9.17) is 0 Å². The van der Waals surface area contributed by atoms with Gasteiger partial charge in [0.1, 0.15) is 0 Å². The number of carbonyl (C=O) groups is 1. The molecule has 0 aliphatic carbocycles. The van der Waals surface area contributed by atoms with Crippen molar-refractivity contribution in [2.24, 2.45) is 0 Å². The lowest BCUT2D eigenvalue weighted by molar-refractivity contribution is 0.0949. The number of hydrogen-bond acceptors (Lipinski definition) is 5. The van der Waals surface area contributed by atoms with Gasteiger partial charge < -0.3 is 5.32 Å². The van der Waals surface area contributed by atoms with E-state index in [0.29, 0.717) is 12.1 Å². The summed E-state index contributed by atoms with van der Waals surface area (Å²) in [6, 6.07) is 1.80. The fourth-order valence-corrected chi connectivity index (χ4v) is 2.82. The van der Waals surface area contributed by atoms with Crippen LogP contribution in [0, 0.1) is 6.92 Å². The van der Waals surface area contributed by atoms with E-state index < -0.39 is 0 Å². The maximum Gasteiger partial charge on any atom is 0.255 e. The molecule has 0 fully saturated rings. The number of thiazole rings is 1. The number of amides is 1. The van der Waals surface area contributed by atoms with Crippen LogP contribution in [0.1, 0.15) is 33.7 Å². The molecule has 21 heavy (non-hydrogen) atoms. The van der Waals surface area contributed by atoms with Crippen LogP contribution in [0.3, 0.4) is 0 Å². The summed E-state index contributed by atoms with van der Waals surface area (Å²) in [4.78, 5) is 20.9. The second-order valence-electron chi connectivity index (χ2n) is 4.63. The molecule has 0 radical (unpaired) electrons. The zero-order valence-corrected chi connectivity index (χ0v) is 12.6. The Morgan fingerprint density at radius 1 is 1.48 bits per heavy atom. The van der Waals surface area contributed by atoms with E-state index in [9.17, 15) is 4.79 Å².